The standard InChI is InChI=1S/C28H26BrN3O6S/c29-18-5-6-21(33)17(11-18)14-32-9-7-30-26(34)15-37-22-12-20-25(13-23(22)38-16-27(35)31-8-10-32)39-24-4-2-1-3-19(24)28(20)36/h1-6,11-13,33H,7-10,14-16H2,(H,30,34)(H,31,35). The van der Waals surface area contributed by atoms with Crippen molar-refractivity contribution in [1.29, 1.82) is 0 Å². The molecule has 1 aromatic heterocycles. The molecule has 39 heavy (non-hydrogen) atoms. The fourth-order valence-electron chi connectivity index (χ4n) is 4.32. The second-order valence-corrected chi connectivity index (χ2v) is 11.0. The lowest BCUT2D eigenvalue weighted by molar-refractivity contribution is -0.124. The molecule has 5 rings (SSSR count). The van der Waals surface area contributed by atoms with Gasteiger partial charge in [-0.3, -0.25) is 19.3 Å². The molecule has 0 unspecified atom stereocenters. The maximum Gasteiger partial charge on any atom is 0.257 e. The Kier molecular flexibility index (Phi) is 8.30. The number of ether oxygens (including phenoxy) is 2. The number of hydrogen-bond acceptors (Lipinski definition) is 8. The van der Waals surface area contributed by atoms with E-state index in [1.165, 1.54) is 11.3 Å². The number of carbonyl (C=O) groups is 2. The van der Waals surface area contributed by atoms with Crippen molar-refractivity contribution in [3.8, 4) is 17.2 Å². The first kappa shape index (κ1) is 26.9. The van der Waals surface area contributed by atoms with Gasteiger partial charge in [-0.05, 0) is 36.4 Å². The van der Waals surface area contributed by atoms with Gasteiger partial charge >= 0.3 is 0 Å². The number of aromatic hydroxyl groups is 1. The molecule has 202 valence electrons. The molecule has 11 heteroatoms. The van der Waals surface area contributed by atoms with Crippen LogP contribution in [0, 0.1) is 0 Å². The Morgan fingerprint density at radius 1 is 0.846 bits per heavy atom. The lowest BCUT2D eigenvalue weighted by Crippen LogP contribution is -2.40. The van der Waals surface area contributed by atoms with Crippen molar-refractivity contribution in [2.75, 3.05) is 39.4 Å². The van der Waals surface area contributed by atoms with E-state index in [0.29, 0.717) is 48.2 Å². The van der Waals surface area contributed by atoms with Crippen LogP contribution in [-0.2, 0) is 16.1 Å². The third-order valence-corrected chi connectivity index (χ3v) is 7.92. The van der Waals surface area contributed by atoms with Gasteiger partial charge in [-0.1, -0.05) is 28.1 Å². The molecular weight excluding hydrogens is 586 g/mol. The van der Waals surface area contributed by atoms with E-state index in [0.717, 1.165) is 14.7 Å². The topological polar surface area (TPSA) is 117 Å². The van der Waals surface area contributed by atoms with Crippen molar-refractivity contribution in [2.24, 2.45) is 0 Å². The van der Waals surface area contributed by atoms with Crippen LogP contribution in [0.25, 0.3) is 20.2 Å². The Morgan fingerprint density at radius 3 is 2.23 bits per heavy atom. The lowest BCUT2D eigenvalue weighted by atomic mass is 10.1. The molecule has 4 aromatic rings. The van der Waals surface area contributed by atoms with Crippen LogP contribution >= 0.6 is 27.3 Å². The highest BCUT2D eigenvalue weighted by Gasteiger charge is 2.17. The minimum Gasteiger partial charge on any atom is -0.508 e. The largest absolute Gasteiger partial charge is 0.508 e. The highest BCUT2D eigenvalue weighted by Crippen LogP contribution is 2.35. The average molecular weight is 613 g/mol. The summed E-state index contributed by atoms with van der Waals surface area (Å²) in [6, 6.07) is 15.8. The van der Waals surface area contributed by atoms with Crippen molar-refractivity contribution >= 4 is 59.3 Å². The molecule has 2 heterocycles. The molecule has 0 aliphatic carbocycles. The number of phenolic OH excluding ortho intramolecular Hbond substituents is 1. The Morgan fingerprint density at radius 2 is 1.51 bits per heavy atom. The first-order valence-corrected chi connectivity index (χ1v) is 14.0. The summed E-state index contributed by atoms with van der Waals surface area (Å²) in [4.78, 5) is 40.3. The SMILES string of the molecule is O=C1COc2cc3sc4ccccc4c(=O)c3cc2OCC(=O)NCCN(Cc2cc(Br)ccc2O)CCN1. The predicted molar refractivity (Wildman–Crippen MR) is 154 cm³/mol. The van der Waals surface area contributed by atoms with E-state index in [4.69, 9.17) is 9.47 Å². The van der Waals surface area contributed by atoms with Gasteiger partial charge in [0.2, 0.25) is 0 Å². The number of fused-ring (bicyclic) bond motifs is 3. The normalized spacial score (nSPS) is 15.8. The number of phenols is 1. The third kappa shape index (κ3) is 6.49. The van der Waals surface area contributed by atoms with Gasteiger partial charge in [0.05, 0.1) is 0 Å². The zero-order valence-corrected chi connectivity index (χ0v) is 23.3. The van der Waals surface area contributed by atoms with Crippen molar-refractivity contribution in [3.63, 3.8) is 0 Å². The minimum absolute atomic E-state index is 0.139. The summed E-state index contributed by atoms with van der Waals surface area (Å²) in [5.74, 6) is 0.00921. The number of nitrogens with one attached hydrogen (secondary N) is 2. The Labute approximate surface area is 236 Å². The molecule has 3 N–H and O–H groups in total. The van der Waals surface area contributed by atoms with E-state index >= 15 is 0 Å². The number of carbonyl (C=O) groups excluding carboxylic acids is 2. The van der Waals surface area contributed by atoms with Crippen LogP contribution in [0.15, 0.2) is 63.9 Å². The number of rotatable bonds is 2. The van der Waals surface area contributed by atoms with Gasteiger partial charge < -0.3 is 25.2 Å². The second kappa shape index (κ2) is 12.0. The molecule has 0 bridgehead atoms. The Hall–Kier alpha value is -3.67. The molecule has 9 nitrogen and oxygen atoms in total. The predicted octanol–water partition coefficient (Wildman–Crippen LogP) is 3.39. The summed E-state index contributed by atoms with van der Waals surface area (Å²) in [7, 11) is 0. The molecule has 0 spiro atoms. The van der Waals surface area contributed by atoms with E-state index in [1.54, 1.807) is 30.3 Å². The maximum absolute atomic E-state index is 13.1. The molecule has 0 saturated carbocycles. The highest BCUT2D eigenvalue weighted by molar-refractivity contribution is 9.10. The van der Waals surface area contributed by atoms with Crippen molar-refractivity contribution in [2.45, 2.75) is 6.54 Å². The Bertz CT molecular complexity index is 1610. The highest BCUT2D eigenvalue weighted by atomic mass is 79.9. The van der Waals surface area contributed by atoms with Gasteiger partial charge in [0.25, 0.3) is 11.8 Å². The van der Waals surface area contributed by atoms with E-state index in [1.807, 2.05) is 29.2 Å². The number of nitrogens with zero attached hydrogens (tertiary/aromatic N) is 1. The monoisotopic (exact) mass is 611 g/mol. The molecule has 3 aromatic carbocycles. The number of benzene rings is 3. The molecule has 0 atom stereocenters. The van der Waals surface area contributed by atoms with Crippen molar-refractivity contribution in [1.82, 2.24) is 15.5 Å². The zero-order valence-electron chi connectivity index (χ0n) is 20.9. The van der Waals surface area contributed by atoms with E-state index < -0.39 is 0 Å². The number of halogens is 1. The first-order chi connectivity index (χ1) is 18.9. The van der Waals surface area contributed by atoms with E-state index in [-0.39, 0.29) is 47.7 Å². The Balaban J connectivity index is 1.37. The fraction of sp³-hybridized carbons (Fsp3) is 0.250. The van der Waals surface area contributed by atoms with E-state index in [9.17, 15) is 19.5 Å². The quantitative estimate of drug-likeness (QED) is 0.297. The third-order valence-electron chi connectivity index (χ3n) is 6.30. The summed E-state index contributed by atoms with van der Waals surface area (Å²) in [6.45, 7) is 1.54. The van der Waals surface area contributed by atoms with Gasteiger partial charge in [-0.2, -0.15) is 0 Å². The number of hydrogen-bond donors (Lipinski definition) is 3. The lowest BCUT2D eigenvalue weighted by Gasteiger charge is -2.23. The molecule has 0 radical (unpaired) electrons. The minimum atomic E-state index is -0.334. The maximum atomic E-state index is 13.1. The molecule has 2 amide bonds. The summed E-state index contributed by atoms with van der Waals surface area (Å²) in [5, 5.41) is 17.0. The summed E-state index contributed by atoms with van der Waals surface area (Å²) in [5.41, 5.74) is 0.584. The van der Waals surface area contributed by atoms with Crippen LogP contribution in [0.5, 0.6) is 17.2 Å². The molecule has 1 aliphatic heterocycles. The van der Waals surface area contributed by atoms with Gasteiger partial charge in [0.1, 0.15) is 5.75 Å². The smallest absolute Gasteiger partial charge is 0.257 e. The summed E-state index contributed by atoms with van der Waals surface area (Å²) >= 11 is 4.86. The van der Waals surface area contributed by atoms with E-state index in [2.05, 4.69) is 26.6 Å². The number of amides is 2. The summed E-state index contributed by atoms with van der Waals surface area (Å²) in [6.07, 6.45) is 0. The van der Waals surface area contributed by atoms with Crippen LogP contribution in [0.2, 0.25) is 0 Å². The fourth-order valence-corrected chi connectivity index (χ4v) is 5.81. The van der Waals surface area contributed by atoms with Crippen LogP contribution in [0.1, 0.15) is 5.56 Å². The van der Waals surface area contributed by atoms with Crippen LogP contribution in [0.3, 0.4) is 0 Å². The van der Waals surface area contributed by atoms with Crippen molar-refractivity contribution < 1.29 is 24.2 Å². The molecular formula is C28H26BrN3O6S. The van der Waals surface area contributed by atoms with Gasteiger partial charge in [0.15, 0.2) is 30.1 Å². The van der Waals surface area contributed by atoms with Crippen LogP contribution < -0.4 is 25.5 Å². The molecule has 1 aliphatic rings. The average Bonchev–Trinajstić information content (AvgIpc) is 2.92. The van der Waals surface area contributed by atoms with Crippen LogP contribution in [-0.4, -0.2) is 61.2 Å². The van der Waals surface area contributed by atoms with Gasteiger partial charge in [0, 0.05) is 69.0 Å². The molecule has 0 fully saturated rings. The summed E-state index contributed by atoms with van der Waals surface area (Å²) < 4.78 is 14.0. The van der Waals surface area contributed by atoms with Crippen LogP contribution in [0.4, 0.5) is 0 Å². The zero-order chi connectivity index (χ0) is 27.4. The van der Waals surface area contributed by atoms with Gasteiger partial charge in [-0.25, -0.2) is 0 Å². The molecule has 0 saturated heterocycles. The van der Waals surface area contributed by atoms with Gasteiger partial charge in [-0.15, -0.1) is 11.3 Å². The second-order valence-electron chi connectivity index (χ2n) is 9.05. The van der Waals surface area contributed by atoms with Crippen molar-refractivity contribution in [3.05, 3.63) is 74.9 Å². The first-order valence-electron chi connectivity index (χ1n) is 12.4.